The minimum absolute atomic E-state index is 0.270. The third-order valence-electron chi connectivity index (χ3n) is 2.80. The van der Waals surface area contributed by atoms with Gasteiger partial charge in [-0.25, -0.2) is 8.42 Å². The Morgan fingerprint density at radius 3 is 2.64 bits per heavy atom. The molecule has 14 heavy (non-hydrogen) atoms. The SMILES string of the molecule is CCOC[C@@]1(N)CC[C@H](S(C)(=O)=O)C1. The van der Waals surface area contributed by atoms with Crippen molar-refractivity contribution in [3.63, 3.8) is 0 Å². The summed E-state index contributed by atoms with van der Waals surface area (Å²) in [5, 5.41) is -0.270. The Bertz CT molecular complexity index is 288. The molecule has 1 aliphatic rings. The molecule has 2 N–H and O–H groups in total. The van der Waals surface area contributed by atoms with Gasteiger partial charge in [0.2, 0.25) is 0 Å². The third-order valence-corrected chi connectivity index (χ3v) is 4.41. The van der Waals surface area contributed by atoms with Crippen LogP contribution in [0.1, 0.15) is 26.2 Å². The Morgan fingerprint density at radius 1 is 1.57 bits per heavy atom. The molecule has 0 aliphatic heterocycles. The smallest absolute Gasteiger partial charge is 0.150 e. The van der Waals surface area contributed by atoms with E-state index in [-0.39, 0.29) is 5.25 Å². The minimum atomic E-state index is -2.93. The summed E-state index contributed by atoms with van der Waals surface area (Å²) in [5.41, 5.74) is 5.62. The molecule has 2 atom stereocenters. The van der Waals surface area contributed by atoms with Crippen LogP contribution < -0.4 is 5.73 Å². The predicted octanol–water partition coefficient (Wildman–Crippen LogP) is 0.317. The van der Waals surface area contributed by atoms with Gasteiger partial charge in [-0.1, -0.05) is 0 Å². The molecule has 0 spiro atoms. The van der Waals surface area contributed by atoms with Gasteiger partial charge in [-0.3, -0.25) is 0 Å². The first-order chi connectivity index (χ1) is 6.37. The molecule has 0 saturated heterocycles. The Labute approximate surface area is 85.7 Å². The first kappa shape index (κ1) is 11.9. The van der Waals surface area contributed by atoms with E-state index in [0.29, 0.717) is 26.1 Å². The quantitative estimate of drug-likeness (QED) is 0.742. The molecule has 0 radical (unpaired) electrons. The summed E-state index contributed by atoms with van der Waals surface area (Å²) in [6, 6.07) is 0. The first-order valence-electron chi connectivity index (χ1n) is 4.93. The van der Waals surface area contributed by atoms with Gasteiger partial charge < -0.3 is 10.5 Å². The lowest BCUT2D eigenvalue weighted by Crippen LogP contribution is -2.42. The number of nitrogens with two attached hydrogens (primary N) is 1. The van der Waals surface area contributed by atoms with Crippen LogP contribution in [0.15, 0.2) is 0 Å². The number of hydrogen-bond donors (Lipinski definition) is 1. The van der Waals surface area contributed by atoms with Crippen LogP contribution in [0.3, 0.4) is 0 Å². The van der Waals surface area contributed by atoms with E-state index in [1.54, 1.807) is 0 Å². The van der Waals surface area contributed by atoms with Crippen LogP contribution in [0.4, 0.5) is 0 Å². The fourth-order valence-corrected chi connectivity index (χ4v) is 3.09. The molecule has 0 bridgehead atoms. The molecule has 0 aromatic rings. The first-order valence-corrected chi connectivity index (χ1v) is 6.88. The maximum Gasteiger partial charge on any atom is 0.150 e. The number of ether oxygens (including phenoxy) is 1. The van der Waals surface area contributed by atoms with Gasteiger partial charge in [-0.05, 0) is 26.2 Å². The lowest BCUT2D eigenvalue weighted by molar-refractivity contribution is 0.0968. The maximum absolute atomic E-state index is 11.3. The number of sulfone groups is 1. The molecule has 0 aromatic heterocycles. The lowest BCUT2D eigenvalue weighted by atomic mass is 10.0. The summed E-state index contributed by atoms with van der Waals surface area (Å²) < 4.78 is 27.9. The summed E-state index contributed by atoms with van der Waals surface area (Å²) >= 11 is 0. The zero-order valence-corrected chi connectivity index (χ0v) is 9.64. The van der Waals surface area contributed by atoms with Gasteiger partial charge in [0.25, 0.3) is 0 Å². The highest BCUT2D eigenvalue weighted by Gasteiger charge is 2.40. The average Bonchev–Trinajstić information content (AvgIpc) is 2.45. The maximum atomic E-state index is 11.3. The third kappa shape index (κ3) is 2.93. The molecule has 0 unspecified atom stereocenters. The van der Waals surface area contributed by atoms with Crippen molar-refractivity contribution < 1.29 is 13.2 Å². The second-order valence-electron chi connectivity index (χ2n) is 4.19. The van der Waals surface area contributed by atoms with E-state index in [2.05, 4.69) is 0 Å². The van der Waals surface area contributed by atoms with Crippen molar-refractivity contribution in [1.82, 2.24) is 0 Å². The predicted molar refractivity (Wildman–Crippen MR) is 55.9 cm³/mol. The minimum Gasteiger partial charge on any atom is -0.380 e. The van der Waals surface area contributed by atoms with E-state index < -0.39 is 15.4 Å². The van der Waals surface area contributed by atoms with E-state index in [1.165, 1.54) is 6.26 Å². The van der Waals surface area contributed by atoms with Gasteiger partial charge in [0.1, 0.15) is 9.84 Å². The second kappa shape index (κ2) is 4.16. The van der Waals surface area contributed by atoms with Crippen LogP contribution >= 0.6 is 0 Å². The van der Waals surface area contributed by atoms with Gasteiger partial charge in [0.05, 0.1) is 11.9 Å². The molecule has 1 saturated carbocycles. The van der Waals surface area contributed by atoms with Gasteiger partial charge in [-0.2, -0.15) is 0 Å². The van der Waals surface area contributed by atoms with Crippen molar-refractivity contribution in [1.29, 1.82) is 0 Å². The van der Waals surface area contributed by atoms with Crippen LogP contribution in [0, 0.1) is 0 Å². The van der Waals surface area contributed by atoms with Crippen LogP contribution in [-0.4, -0.2) is 38.7 Å². The molecule has 1 rings (SSSR count). The summed E-state index contributed by atoms with van der Waals surface area (Å²) in [6.45, 7) is 3.00. The normalized spacial score (nSPS) is 33.5. The molecule has 84 valence electrons. The van der Waals surface area contributed by atoms with Gasteiger partial charge in [0.15, 0.2) is 0 Å². The molecule has 0 aromatic carbocycles. The zero-order valence-electron chi connectivity index (χ0n) is 8.82. The van der Waals surface area contributed by atoms with E-state index in [4.69, 9.17) is 10.5 Å². The summed E-state index contributed by atoms with van der Waals surface area (Å²) in [7, 11) is -2.93. The van der Waals surface area contributed by atoms with E-state index >= 15 is 0 Å². The van der Waals surface area contributed by atoms with Crippen molar-refractivity contribution >= 4 is 9.84 Å². The molecule has 0 amide bonds. The second-order valence-corrected chi connectivity index (χ2v) is 6.52. The van der Waals surface area contributed by atoms with Crippen LogP contribution in [0.5, 0.6) is 0 Å². The van der Waals surface area contributed by atoms with Crippen molar-refractivity contribution in [2.24, 2.45) is 5.73 Å². The van der Waals surface area contributed by atoms with E-state index in [0.717, 1.165) is 6.42 Å². The molecular formula is C9H19NO3S. The van der Waals surface area contributed by atoms with Gasteiger partial charge in [0, 0.05) is 18.4 Å². The topological polar surface area (TPSA) is 69.4 Å². The average molecular weight is 221 g/mol. The van der Waals surface area contributed by atoms with Crippen LogP contribution in [0.2, 0.25) is 0 Å². The summed E-state index contributed by atoms with van der Waals surface area (Å²) in [5.74, 6) is 0. The largest absolute Gasteiger partial charge is 0.380 e. The highest BCUT2D eigenvalue weighted by Crippen LogP contribution is 2.32. The highest BCUT2D eigenvalue weighted by molar-refractivity contribution is 7.91. The Morgan fingerprint density at radius 2 is 2.21 bits per heavy atom. The van der Waals surface area contributed by atoms with Crippen LogP contribution in [0.25, 0.3) is 0 Å². The Balaban J connectivity index is 2.55. The Kier molecular flexibility index (Phi) is 3.55. The fourth-order valence-electron chi connectivity index (χ4n) is 1.91. The zero-order chi connectivity index (χ0) is 10.8. The highest BCUT2D eigenvalue weighted by atomic mass is 32.2. The van der Waals surface area contributed by atoms with E-state index in [9.17, 15) is 8.42 Å². The summed E-state index contributed by atoms with van der Waals surface area (Å²) in [4.78, 5) is 0. The lowest BCUT2D eigenvalue weighted by Gasteiger charge is -2.23. The van der Waals surface area contributed by atoms with Crippen molar-refractivity contribution in [3.05, 3.63) is 0 Å². The molecule has 1 aliphatic carbocycles. The molecule has 4 nitrogen and oxygen atoms in total. The molecule has 0 heterocycles. The van der Waals surface area contributed by atoms with Crippen molar-refractivity contribution in [3.8, 4) is 0 Å². The summed E-state index contributed by atoms with van der Waals surface area (Å²) in [6.07, 6.45) is 3.23. The molecule has 1 fully saturated rings. The van der Waals surface area contributed by atoms with Crippen molar-refractivity contribution in [2.45, 2.75) is 37.0 Å². The monoisotopic (exact) mass is 221 g/mol. The van der Waals surface area contributed by atoms with Crippen LogP contribution in [-0.2, 0) is 14.6 Å². The molecule has 5 heteroatoms. The number of hydrogen-bond acceptors (Lipinski definition) is 4. The van der Waals surface area contributed by atoms with E-state index in [1.807, 2.05) is 6.92 Å². The van der Waals surface area contributed by atoms with Gasteiger partial charge in [-0.15, -0.1) is 0 Å². The molecular weight excluding hydrogens is 202 g/mol. The fraction of sp³-hybridized carbons (Fsp3) is 1.00. The standard InChI is InChI=1S/C9H19NO3S/c1-3-13-7-9(10)5-4-8(6-9)14(2,11)12/h8H,3-7,10H2,1-2H3/t8-,9+/m0/s1. The Hall–Kier alpha value is -0.130. The number of rotatable bonds is 4. The van der Waals surface area contributed by atoms with Gasteiger partial charge >= 0.3 is 0 Å². The van der Waals surface area contributed by atoms with Crippen molar-refractivity contribution in [2.75, 3.05) is 19.5 Å².